The van der Waals surface area contributed by atoms with Crippen LogP contribution in [0.2, 0.25) is 0 Å². The third kappa shape index (κ3) is 2.25. The fourth-order valence-electron chi connectivity index (χ4n) is 2.56. The molecule has 1 aliphatic heterocycles. The number of fused-ring (bicyclic) bond motifs is 1. The molecule has 7 nitrogen and oxygen atoms in total. The number of aromatic nitrogens is 2. The first-order valence-corrected chi connectivity index (χ1v) is 6.59. The Morgan fingerprint density at radius 2 is 2.29 bits per heavy atom. The predicted octanol–water partition coefficient (Wildman–Crippen LogP) is 0.845. The van der Waals surface area contributed by atoms with Crippen molar-refractivity contribution in [1.29, 1.82) is 0 Å². The lowest BCUT2D eigenvalue weighted by molar-refractivity contribution is -0.144. The van der Waals surface area contributed by atoms with Crippen molar-refractivity contribution in [2.24, 2.45) is 0 Å². The molecule has 2 aromatic rings. The molecule has 3 N–H and O–H groups in total. The van der Waals surface area contributed by atoms with Crippen molar-refractivity contribution in [3.05, 3.63) is 29.5 Å². The summed E-state index contributed by atoms with van der Waals surface area (Å²) in [7, 11) is 0. The molecule has 7 heteroatoms. The zero-order valence-electron chi connectivity index (χ0n) is 11.5. The van der Waals surface area contributed by atoms with Crippen LogP contribution in [0.5, 0.6) is 0 Å². The summed E-state index contributed by atoms with van der Waals surface area (Å²) < 4.78 is 5.14. The number of aliphatic carboxylic acids is 1. The minimum absolute atomic E-state index is 0.0218. The SMILES string of the molecule is Cc1cc(C(=O)NC2(C(=O)O)CCOC2)c2[nH]ncc2c1. The van der Waals surface area contributed by atoms with Crippen molar-refractivity contribution < 1.29 is 19.4 Å². The maximum absolute atomic E-state index is 12.5. The number of ether oxygens (including phenoxy) is 1. The van der Waals surface area contributed by atoms with Crippen LogP contribution in [0.3, 0.4) is 0 Å². The quantitative estimate of drug-likeness (QED) is 0.777. The van der Waals surface area contributed by atoms with E-state index in [1.54, 1.807) is 12.3 Å². The highest BCUT2D eigenvalue weighted by molar-refractivity contribution is 6.07. The van der Waals surface area contributed by atoms with Crippen LogP contribution in [0.1, 0.15) is 22.3 Å². The molecule has 1 aromatic carbocycles. The summed E-state index contributed by atoms with van der Waals surface area (Å²) in [6.07, 6.45) is 1.89. The van der Waals surface area contributed by atoms with E-state index in [2.05, 4.69) is 15.5 Å². The number of hydrogen-bond donors (Lipinski definition) is 3. The molecule has 1 unspecified atom stereocenters. The highest BCUT2D eigenvalue weighted by atomic mass is 16.5. The second-order valence-electron chi connectivity index (χ2n) is 5.29. The zero-order chi connectivity index (χ0) is 15.0. The first-order chi connectivity index (χ1) is 10.0. The van der Waals surface area contributed by atoms with Crippen molar-refractivity contribution in [2.45, 2.75) is 18.9 Å². The summed E-state index contributed by atoms with van der Waals surface area (Å²) in [6.45, 7) is 2.17. The summed E-state index contributed by atoms with van der Waals surface area (Å²) in [5.41, 5.74) is 0.529. The Balaban J connectivity index is 1.97. The largest absolute Gasteiger partial charge is 0.479 e. The van der Waals surface area contributed by atoms with Crippen LogP contribution in [0.4, 0.5) is 0 Å². The number of amides is 1. The summed E-state index contributed by atoms with van der Waals surface area (Å²) in [6, 6.07) is 3.61. The molecular formula is C14H15N3O4. The molecule has 110 valence electrons. The van der Waals surface area contributed by atoms with Gasteiger partial charge in [0.15, 0.2) is 5.54 Å². The van der Waals surface area contributed by atoms with Gasteiger partial charge in [0.2, 0.25) is 0 Å². The Morgan fingerprint density at radius 1 is 1.48 bits per heavy atom. The summed E-state index contributed by atoms with van der Waals surface area (Å²) in [5, 5.41) is 19.5. The maximum Gasteiger partial charge on any atom is 0.331 e. The second-order valence-corrected chi connectivity index (χ2v) is 5.29. The molecule has 1 aliphatic rings. The molecule has 1 saturated heterocycles. The molecule has 0 radical (unpaired) electrons. The van der Waals surface area contributed by atoms with Crippen LogP contribution >= 0.6 is 0 Å². The molecule has 1 amide bonds. The molecule has 1 fully saturated rings. The van der Waals surface area contributed by atoms with Crippen molar-refractivity contribution in [1.82, 2.24) is 15.5 Å². The number of aryl methyl sites for hydroxylation is 1. The number of H-pyrrole nitrogens is 1. The molecule has 1 aromatic heterocycles. The highest BCUT2D eigenvalue weighted by Gasteiger charge is 2.44. The van der Waals surface area contributed by atoms with Crippen molar-refractivity contribution in [3.63, 3.8) is 0 Å². The average Bonchev–Trinajstić information content (AvgIpc) is 3.06. The van der Waals surface area contributed by atoms with Crippen molar-refractivity contribution >= 4 is 22.8 Å². The maximum atomic E-state index is 12.5. The van der Waals surface area contributed by atoms with Crippen molar-refractivity contribution in [3.8, 4) is 0 Å². The van der Waals surface area contributed by atoms with Gasteiger partial charge in [-0.15, -0.1) is 0 Å². The van der Waals surface area contributed by atoms with E-state index in [4.69, 9.17) is 4.74 Å². The molecule has 21 heavy (non-hydrogen) atoms. The van der Waals surface area contributed by atoms with Gasteiger partial charge in [0, 0.05) is 18.4 Å². The van der Waals surface area contributed by atoms with Crippen LogP contribution in [0.15, 0.2) is 18.3 Å². The van der Waals surface area contributed by atoms with Gasteiger partial charge in [0.25, 0.3) is 5.91 Å². The van der Waals surface area contributed by atoms with Crippen LogP contribution in [-0.2, 0) is 9.53 Å². The van der Waals surface area contributed by atoms with Crippen LogP contribution in [0, 0.1) is 6.92 Å². The Labute approximate surface area is 120 Å². The fourth-order valence-corrected chi connectivity index (χ4v) is 2.56. The van der Waals surface area contributed by atoms with E-state index in [0.717, 1.165) is 10.9 Å². The van der Waals surface area contributed by atoms with Crippen molar-refractivity contribution in [2.75, 3.05) is 13.2 Å². The van der Waals surface area contributed by atoms with E-state index in [1.807, 2.05) is 13.0 Å². The van der Waals surface area contributed by atoms with E-state index in [9.17, 15) is 14.7 Å². The van der Waals surface area contributed by atoms with Gasteiger partial charge >= 0.3 is 5.97 Å². The van der Waals surface area contributed by atoms with Gasteiger partial charge in [-0.1, -0.05) is 0 Å². The molecule has 2 heterocycles. The summed E-state index contributed by atoms with van der Waals surface area (Å²) in [4.78, 5) is 24.0. The number of rotatable bonds is 3. The second kappa shape index (κ2) is 4.85. The lowest BCUT2D eigenvalue weighted by Crippen LogP contribution is -2.55. The van der Waals surface area contributed by atoms with E-state index < -0.39 is 17.4 Å². The zero-order valence-corrected chi connectivity index (χ0v) is 11.5. The average molecular weight is 289 g/mol. The van der Waals surface area contributed by atoms with Crippen LogP contribution in [-0.4, -0.2) is 45.9 Å². The number of carboxylic acid groups (broad SMARTS) is 1. The lowest BCUT2D eigenvalue weighted by Gasteiger charge is -2.23. The standard InChI is InChI=1S/C14H15N3O4/c1-8-4-9-6-15-17-11(9)10(5-8)12(18)16-14(13(19)20)2-3-21-7-14/h4-6H,2-3,7H2,1H3,(H,15,17)(H,16,18)(H,19,20). The van der Waals surface area contributed by atoms with Gasteiger partial charge in [0.05, 0.1) is 23.9 Å². The minimum Gasteiger partial charge on any atom is -0.479 e. The molecule has 3 rings (SSSR count). The Kier molecular flexibility index (Phi) is 3.13. The summed E-state index contributed by atoms with van der Waals surface area (Å²) in [5.74, 6) is -1.53. The number of benzene rings is 1. The molecule has 0 spiro atoms. The monoisotopic (exact) mass is 289 g/mol. The molecule has 1 atom stereocenters. The van der Waals surface area contributed by atoms with Gasteiger partial charge < -0.3 is 15.2 Å². The molecular weight excluding hydrogens is 274 g/mol. The summed E-state index contributed by atoms with van der Waals surface area (Å²) >= 11 is 0. The molecule has 0 bridgehead atoms. The Hall–Kier alpha value is -2.41. The third-order valence-corrected chi connectivity index (χ3v) is 3.72. The minimum atomic E-state index is -1.35. The van der Waals surface area contributed by atoms with Gasteiger partial charge in [0.1, 0.15) is 0 Å². The van der Waals surface area contributed by atoms with Crippen LogP contribution in [0.25, 0.3) is 10.9 Å². The van der Waals surface area contributed by atoms with E-state index >= 15 is 0 Å². The number of aromatic amines is 1. The van der Waals surface area contributed by atoms with Crippen LogP contribution < -0.4 is 5.32 Å². The highest BCUT2D eigenvalue weighted by Crippen LogP contribution is 2.23. The van der Waals surface area contributed by atoms with Gasteiger partial charge in [-0.3, -0.25) is 9.89 Å². The predicted molar refractivity (Wildman–Crippen MR) is 74.1 cm³/mol. The third-order valence-electron chi connectivity index (χ3n) is 3.72. The van der Waals surface area contributed by atoms with Gasteiger partial charge in [-0.05, 0) is 24.6 Å². The van der Waals surface area contributed by atoms with Gasteiger partial charge in [-0.2, -0.15) is 5.10 Å². The normalized spacial score (nSPS) is 21.6. The fraction of sp³-hybridized carbons (Fsp3) is 0.357. The first kappa shape index (κ1) is 13.6. The number of hydrogen-bond acceptors (Lipinski definition) is 4. The molecule has 0 aliphatic carbocycles. The topological polar surface area (TPSA) is 104 Å². The first-order valence-electron chi connectivity index (χ1n) is 6.59. The lowest BCUT2D eigenvalue weighted by atomic mass is 9.97. The van der Waals surface area contributed by atoms with Gasteiger partial charge in [-0.25, -0.2) is 4.79 Å². The smallest absolute Gasteiger partial charge is 0.331 e. The Bertz CT molecular complexity index is 716. The number of nitrogens with zero attached hydrogens (tertiary/aromatic N) is 1. The van der Waals surface area contributed by atoms with E-state index in [1.165, 1.54) is 0 Å². The number of carboxylic acids is 1. The van der Waals surface area contributed by atoms with E-state index in [-0.39, 0.29) is 13.0 Å². The Morgan fingerprint density at radius 3 is 2.95 bits per heavy atom. The number of carbonyl (C=O) groups excluding carboxylic acids is 1. The number of carbonyl (C=O) groups is 2. The number of nitrogens with one attached hydrogen (secondary N) is 2. The van der Waals surface area contributed by atoms with E-state index in [0.29, 0.717) is 17.7 Å². The molecule has 0 saturated carbocycles.